The molecule has 0 fully saturated rings. The van der Waals surface area contributed by atoms with Crippen molar-refractivity contribution in [2.75, 3.05) is 0 Å². The van der Waals surface area contributed by atoms with E-state index in [2.05, 4.69) is 5.16 Å². The molecule has 0 N–H and O–H groups in total. The molecule has 0 amide bonds. The van der Waals surface area contributed by atoms with Gasteiger partial charge in [-0.3, -0.25) is 10.1 Å². The van der Waals surface area contributed by atoms with Gasteiger partial charge < -0.3 is 9.26 Å². The van der Waals surface area contributed by atoms with Crippen LogP contribution in [0.5, 0.6) is 0 Å². The second kappa shape index (κ2) is 6.81. The first-order valence-electron chi connectivity index (χ1n) is 6.65. The molecule has 3 rings (SSSR count). The number of ether oxygens (including phenoxy) is 1. The summed E-state index contributed by atoms with van der Waals surface area (Å²) in [6.07, 6.45) is 0. The summed E-state index contributed by atoms with van der Waals surface area (Å²) < 4.78 is 10.2. The quantitative estimate of drug-likeness (QED) is 0.380. The first-order valence-corrected chi connectivity index (χ1v) is 7.91. The second-order valence-corrected chi connectivity index (χ2v) is 6.04. The maximum Gasteiger partial charge on any atom is 0.345 e. The molecular formula is C15H9ClN2O5S. The van der Waals surface area contributed by atoms with E-state index in [0.29, 0.717) is 11.5 Å². The van der Waals surface area contributed by atoms with Crippen LogP contribution in [0.1, 0.15) is 16.1 Å². The van der Waals surface area contributed by atoms with Gasteiger partial charge in [-0.2, -0.15) is 0 Å². The normalized spacial score (nSPS) is 10.5. The van der Waals surface area contributed by atoms with Gasteiger partial charge in [0.05, 0.1) is 9.80 Å². The molecule has 0 radical (unpaired) electrons. The third-order valence-electron chi connectivity index (χ3n) is 3.05. The molecule has 2 aromatic heterocycles. The maximum absolute atomic E-state index is 12.1. The predicted molar refractivity (Wildman–Crippen MR) is 87.0 cm³/mol. The zero-order chi connectivity index (χ0) is 17.1. The molecule has 9 heteroatoms. The maximum atomic E-state index is 12.1. The van der Waals surface area contributed by atoms with Gasteiger partial charge in [0, 0.05) is 17.2 Å². The molecule has 0 aliphatic carbocycles. The average molecular weight is 365 g/mol. The summed E-state index contributed by atoms with van der Waals surface area (Å²) in [6.45, 7) is -0.169. The van der Waals surface area contributed by atoms with Crippen molar-refractivity contribution in [1.82, 2.24) is 5.16 Å². The molecule has 0 aliphatic rings. The number of carbonyl (C=O) groups excluding carboxylic acids is 1. The first-order chi connectivity index (χ1) is 11.5. The van der Waals surface area contributed by atoms with Crippen LogP contribution in [0.25, 0.3) is 10.6 Å². The third kappa shape index (κ3) is 3.44. The van der Waals surface area contributed by atoms with E-state index in [9.17, 15) is 14.9 Å². The van der Waals surface area contributed by atoms with E-state index in [1.54, 1.807) is 6.07 Å². The Kier molecular flexibility index (Phi) is 4.59. The lowest BCUT2D eigenvalue weighted by Crippen LogP contribution is -2.08. The molecule has 3 aromatic rings. The molecule has 7 nitrogen and oxygen atoms in total. The zero-order valence-electron chi connectivity index (χ0n) is 12.0. The van der Waals surface area contributed by atoms with E-state index in [0.717, 1.165) is 10.9 Å². The fourth-order valence-electron chi connectivity index (χ4n) is 1.96. The van der Waals surface area contributed by atoms with Crippen molar-refractivity contribution in [3.63, 3.8) is 0 Å². The van der Waals surface area contributed by atoms with Gasteiger partial charge in [-0.25, -0.2) is 4.79 Å². The standard InChI is InChI=1S/C15H9ClN2O5S/c16-9-3-4-12(18(20)21)11(6-9)15(19)22-8-10-7-13(23-17-10)14-2-1-5-24-14/h1-7H,8H2. The number of nitro benzene ring substituents is 1. The van der Waals surface area contributed by atoms with Gasteiger partial charge in [-0.1, -0.05) is 22.8 Å². The fraction of sp³-hybridized carbons (Fsp3) is 0.0667. The van der Waals surface area contributed by atoms with Crippen LogP contribution in [0.4, 0.5) is 5.69 Å². The minimum atomic E-state index is -0.857. The first kappa shape index (κ1) is 16.2. The highest BCUT2D eigenvalue weighted by atomic mass is 35.5. The Morgan fingerprint density at radius 3 is 2.92 bits per heavy atom. The minimum Gasteiger partial charge on any atom is -0.455 e. The number of aromatic nitrogens is 1. The Morgan fingerprint density at radius 1 is 1.38 bits per heavy atom. The van der Waals surface area contributed by atoms with Crippen molar-refractivity contribution in [3.05, 3.63) is 68.2 Å². The molecule has 0 saturated heterocycles. The van der Waals surface area contributed by atoms with E-state index in [4.69, 9.17) is 20.9 Å². The summed E-state index contributed by atoms with van der Waals surface area (Å²) >= 11 is 7.27. The van der Waals surface area contributed by atoms with Crippen LogP contribution >= 0.6 is 22.9 Å². The Balaban J connectivity index is 1.72. The number of thiophene rings is 1. The summed E-state index contributed by atoms with van der Waals surface area (Å²) in [4.78, 5) is 23.3. The molecule has 0 aliphatic heterocycles. The van der Waals surface area contributed by atoms with Gasteiger partial charge in [0.15, 0.2) is 5.76 Å². The summed E-state index contributed by atoms with van der Waals surface area (Å²) in [5.41, 5.74) is -0.185. The van der Waals surface area contributed by atoms with E-state index < -0.39 is 10.9 Å². The number of hydrogen-bond acceptors (Lipinski definition) is 7. The lowest BCUT2D eigenvalue weighted by molar-refractivity contribution is -0.385. The topological polar surface area (TPSA) is 95.5 Å². The molecule has 24 heavy (non-hydrogen) atoms. The van der Waals surface area contributed by atoms with Crippen molar-refractivity contribution in [1.29, 1.82) is 0 Å². The highest BCUT2D eigenvalue weighted by Crippen LogP contribution is 2.26. The molecule has 0 saturated carbocycles. The average Bonchev–Trinajstić information content (AvgIpc) is 3.23. The number of carbonyl (C=O) groups is 1. The van der Waals surface area contributed by atoms with Gasteiger partial charge >= 0.3 is 5.97 Å². The van der Waals surface area contributed by atoms with E-state index in [1.165, 1.54) is 23.5 Å². The number of nitro groups is 1. The number of nitrogens with zero attached hydrogens (tertiary/aromatic N) is 2. The van der Waals surface area contributed by atoms with Crippen LogP contribution in [0.15, 0.2) is 46.3 Å². The third-order valence-corrected chi connectivity index (χ3v) is 4.17. The fourth-order valence-corrected chi connectivity index (χ4v) is 2.81. The molecule has 122 valence electrons. The number of rotatable bonds is 5. The smallest absolute Gasteiger partial charge is 0.345 e. The highest BCUT2D eigenvalue weighted by molar-refractivity contribution is 7.13. The lowest BCUT2D eigenvalue weighted by Gasteiger charge is -2.04. The summed E-state index contributed by atoms with van der Waals surface area (Å²) in [6, 6.07) is 9.08. The Labute approximate surface area is 144 Å². The van der Waals surface area contributed by atoms with Crippen molar-refractivity contribution >= 4 is 34.6 Å². The van der Waals surface area contributed by atoms with E-state index in [1.807, 2.05) is 17.5 Å². The van der Waals surface area contributed by atoms with Crippen LogP contribution in [-0.2, 0) is 11.3 Å². The van der Waals surface area contributed by atoms with Gasteiger partial charge in [-0.15, -0.1) is 11.3 Å². The molecule has 2 heterocycles. The molecule has 1 aromatic carbocycles. The number of hydrogen-bond donors (Lipinski definition) is 0. The molecule has 0 unspecified atom stereocenters. The van der Waals surface area contributed by atoms with Gasteiger partial charge in [0.25, 0.3) is 5.69 Å². The van der Waals surface area contributed by atoms with Gasteiger partial charge in [0.1, 0.15) is 17.9 Å². The van der Waals surface area contributed by atoms with E-state index >= 15 is 0 Å². The van der Waals surface area contributed by atoms with Crippen molar-refractivity contribution in [2.45, 2.75) is 6.61 Å². The Morgan fingerprint density at radius 2 is 2.21 bits per heavy atom. The highest BCUT2D eigenvalue weighted by Gasteiger charge is 2.22. The van der Waals surface area contributed by atoms with E-state index in [-0.39, 0.29) is 22.9 Å². The van der Waals surface area contributed by atoms with Crippen LogP contribution in [0.2, 0.25) is 5.02 Å². The number of halogens is 1. The van der Waals surface area contributed by atoms with Crippen LogP contribution < -0.4 is 0 Å². The van der Waals surface area contributed by atoms with Gasteiger partial charge in [0.2, 0.25) is 0 Å². The number of benzene rings is 1. The lowest BCUT2D eigenvalue weighted by atomic mass is 10.2. The second-order valence-electron chi connectivity index (χ2n) is 4.65. The van der Waals surface area contributed by atoms with Crippen molar-refractivity contribution in [3.8, 4) is 10.6 Å². The molecule has 0 atom stereocenters. The van der Waals surface area contributed by atoms with Crippen molar-refractivity contribution < 1.29 is 19.0 Å². The minimum absolute atomic E-state index is 0.169. The zero-order valence-corrected chi connectivity index (χ0v) is 13.5. The largest absolute Gasteiger partial charge is 0.455 e. The molecule has 0 bridgehead atoms. The molecular weight excluding hydrogens is 356 g/mol. The Bertz CT molecular complexity index is 891. The monoisotopic (exact) mass is 364 g/mol. The van der Waals surface area contributed by atoms with Crippen LogP contribution in [0, 0.1) is 10.1 Å². The summed E-state index contributed by atoms with van der Waals surface area (Å²) in [5.74, 6) is -0.297. The van der Waals surface area contributed by atoms with Crippen LogP contribution in [0.3, 0.4) is 0 Å². The van der Waals surface area contributed by atoms with Gasteiger partial charge in [-0.05, 0) is 23.6 Å². The Hall–Kier alpha value is -2.71. The summed E-state index contributed by atoms with van der Waals surface area (Å²) in [5, 5.41) is 16.9. The summed E-state index contributed by atoms with van der Waals surface area (Å²) in [7, 11) is 0. The molecule has 0 spiro atoms. The SMILES string of the molecule is O=C(OCc1cc(-c2cccs2)on1)c1cc(Cl)ccc1[N+](=O)[O-]. The number of esters is 1. The predicted octanol–water partition coefficient (Wildman–Crippen LogP) is 4.32. The van der Waals surface area contributed by atoms with Crippen LogP contribution in [-0.4, -0.2) is 16.0 Å². The van der Waals surface area contributed by atoms with Crippen molar-refractivity contribution in [2.24, 2.45) is 0 Å².